The molecule has 0 heterocycles. The van der Waals surface area contributed by atoms with Crippen molar-refractivity contribution >= 4 is 11.8 Å². The van der Waals surface area contributed by atoms with Crippen molar-refractivity contribution in [2.45, 2.75) is 108 Å². The van der Waals surface area contributed by atoms with Crippen molar-refractivity contribution in [2.24, 2.45) is 10.8 Å². The zero-order valence-electron chi connectivity index (χ0n) is 34.0. The summed E-state index contributed by atoms with van der Waals surface area (Å²) in [5.74, 6) is -0.294. The second-order valence-corrected chi connectivity index (χ2v) is 15.7. The van der Waals surface area contributed by atoms with E-state index in [9.17, 15) is 9.59 Å². The molecule has 0 saturated carbocycles. The Morgan fingerprint density at radius 1 is 0.596 bits per heavy atom. The molecular weight excluding hydrogens is 645 g/mol. The lowest BCUT2D eigenvalue weighted by molar-refractivity contribution is -0.117. The van der Waals surface area contributed by atoms with Gasteiger partial charge in [-0.25, -0.2) is 0 Å². The Morgan fingerprint density at radius 2 is 0.981 bits per heavy atom. The number of carbonyl (C=O) groups is 2. The smallest absolute Gasteiger partial charge is 0.244 e. The molecule has 0 spiro atoms. The Labute approximate surface area is 316 Å². The van der Waals surface area contributed by atoms with E-state index < -0.39 is 0 Å². The molecule has 2 N–H and O–H groups in total. The summed E-state index contributed by atoms with van der Waals surface area (Å²) in [6.45, 7) is 24.3. The van der Waals surface area contributed by atoms with E-state index in [0.29, 0.717) is 39.5 Å². The Kier molecular flexibility index (Phi) is 19.7. The standard InChI is InChI=1S/C46H68N2O4/c1-35(21-23-41-39(5)19-13-25-45(41,7)8)15-11-17-37(3)33-43(49)47-27-29-51-31-32-52-30-28-48-44(50)34-38(4)18-12-16-36(2)22-24-42-40(6)20-14-26-46(42,9)10/h11-12,15-18,21-24,33-34H,13-14,19-20,25-32H2,1-10H3,(H,47,49)(H,48,50). The van der Waals surface area contributed by atoms with Gasteiger partial charge in [0.1, 0.15) is 0 Å². The quantitative estimate of drug-likeness (QED) is 0.0794. The predicted octanol–water partition coefficient (Wildman–Crippen LogP) is 10.3. The van der Waals surface area contributed by atoms with Crippen LogP contribution in [0.5, 0.6) is 0 Å². The summed E-state index contributed by atoms with van der Waals surface area (Å²) in [6.07, 6.45) is 31.4. The highest BCUT2D eigenvalue weighted by Gasteiger charge is 2.27. The summed E-state index contributed by atoms with van der Waals surface area (Å²) in [7, 11) is 0. The Morgan fingerprint density at radius 3 is 1.35 bits per heavy atom. The average molecular weight is 713 g/mol. The van der Waals surface area contributed by atoms with Gasteiger partial charge < -0.3 is 20.1 Å². The molecule has 0 aromatic heterocycles. The molecule has 2 aliphatic rings. The summed E-state index contributed by atoms with van der Waals surface area (Å²) in [5, 5.41) is 5.70. The summed E-state index contributed by atoms with van der Waals surface area (Å²) in [5.41, 5.74) is 10.5. The normalized spacial score (nSPS) is 19.2. The minimum absolute atomic E-state index is 0.147. The highest BCUT2D eigenvalue weighted by atomic mass is 16.5. The third-order valence-electron chi connectivity index (χ3n) is 9.73. The third-order valence-corrected chi connectivity index (χ3v) is 9.73. The van der Waals surface area contributed by atoms with Gasteiger partial charge in [-0.1, -0.05) is 111 Å². The molecular formula is C46H68N2O4. The molecule has 6 nitrogen and oxygen atoms in total. The number of rotatable bonds is 19. The van der Waals surface area contributed by atoms with Crippen LogP contribution in [0.25, 0.3) is 0 Å². The number of amides is 2. The molecule has 0 aromatic rings. The molecule has 0 fully saturated rings. The molecule has 2 rings (SSSR count). The van der Waals surface area contributed by atoms with E-state index in [4.69, 9.17) is 9.47 Å². The van der Waals surface area contributed by atoms with E-state index in [1.54, 1.807) is 12.2 Å². The van der Waals surface area contributed by atoms with Crippen molar-refractivity contribution in [3.63, 3.8) is 0 Å². The van der Waals surface area contributed by atoms with Gasteiger partial charge in [0.15, 0.2) is 0 Å². The van der Waals surface area contributed by atoms with E-state index in [2.05, 4.69) is 102 Å². The monoisotopic (exact) mass is 713 g/mol. The molecule has 286 valence electrons. The first-order valence-electron chi connectivity index (χ1n) is 19.1. The first kappa shape index (κ1) is 44.4. The Bertz CT molecular complexity index is 1400. The molecule has 0 atom stereocenters. The second kappa shape index (κ2) is 23.0. The maximum absolute atomic E-state index is 12.2. The highest BCUT2D eigenvalue weighted by Crippen LogP contribution is 2.41. The van der Waals surface area contributed by atoms with Gasteiger partial charge in [0, 0.05) is 25.2 Å². The first-order chi connectivity index (χ1) is 24.6. The molecule has 0 unspecified atom stereocenters. The molecule has 0 radical (unpaired) electrons. The van der Waals surface area contributed by atoms with E-state index >= 15 is 0 Å². The maximum atomic E-state index is 12.2. The van der Waals surface area contributed by atoms with Crippen molar-refractivity contribution in [2.75, 3.05) is 39.5 Å². The first-order valence-corrected chi connectivity index (χ1v) is 19.1. The van der Waals surface area contributed by atoms with Crippen LogP contribution in [-0.2, 0) is 19.1 Å². The van der Waals surface area contributed by atoms with Gasteiger partial charge in [-0.15, -0.1) is 0 Å². The summed E-state index contributed by atoms with van der Waals surface area (Å²) >= 11 is 0. The van der Waals surface area contributed by atoms with Crippen molar-refractivity contribution in [3.05, 3.63) is 117 Å². The minimum atomic E-state index is -0.147. The highest BCUT2D eigenvalue weighted by molar-refractivity contribution is 5.89. The fourth-order valence-corrected chi connectivity index (χ4v) is 6.69. The van der Waals surface area contributed by atoms with Gasteiger partial charge >= 0.3 is 0 Å². The Hall–Kier alpha value is -3.74. The lowest BCUT2D eigenvalue weighted by Gasteiger charge is -2.33. The van der Waals surface area contributed by atoms with Crippen LogP contribution in [0.4, 0.5) is 0 Å². The summed E-state index contributed by atoms with van der Waals surface area (Å²) in [4.78, 5) is 24.5. The topological polar surface area (TPSA) is 76.7 Å². The minimum Gasteiger partial charge on any atom is -0.377 e. The van der Waals surface area contributed by atoms with Gasteiger partial charge in [0.25, 0.3) is 0 Å². The molecule has 6 heteroatoms. The summed E-state index contributed by atoms with van der Waals surface area (Å²) < 4.78 is 11.1. The summed E-state index contributed by atoms with van der Waals surface area (Å²) in [6, 6.07) is 0. The number of ether oxygens (including phenoxy) is 2. The second-order valence-electron chi connectivity index (χ2n) is 15.7. The zero-order valence-corrected chi connectivity index (χ0v) is 34.0. The molecule has 52 heavy (non-hydrogen) atoms. The fraction of sp³-hybridized carbons (Fsp3) is 0.522. The average Bonchev–Trinajstić information content (AvgIpc) is 3.04. The molecule has 2 aliphatic carbocycles. The number of hydrogen-bond acceptors (Lipinski definition) is 4. The van der Waals surface area contributed by atoms with E-state index in [-0.39, 0.29) is 22.6 Å². The Balaban J connectivity index is 1.56. The van der Waals surface area contributed by atoms with Gasteiger partial charge in [0.05, 0.1) is 26.4 Å². The fourth-order valence-electron chi connectivity index (χ4n) is 6.69. The van der Waals surface area contributed by atoms with E-state index in [1.807, 2.05) is 38.2 Å². The third kappa shape index (κ3) is 17.7. The van der Waals surface area contributed by atoms with E-state index in [1.165, 1.54) is 72.0 Å². The number of hydrogen-bond donors (Lipinski definition) is 2. The number of nitrogens with one attached hydrogen (secondary N) is 2. The van der Waals surface area contributed by atoms with Gasteiger partial charge in [-0.3, -0.25) is 9.59 Å². The molecule has 2 amide bonds. The predicted molar refractivity (Wildman–Crippen MR) is 220 cm³/mol. The van der Waals surface area contributed by atoms with Crippen LogP contribution in [-0.4, -0.2) is 51.3 Å². The lowest BCUT2D eigenvalue weighted by atomic mass is 9.72. The molecule has 0 bridgehead atoms. The SMILES string of the molecule is CC(C=CC1=C(C)CCCC1(C)C)=CC=CC(C)=CC(=O)NCCOCCOCCNC(=O)C=C(C)C=CC=C(C)C=CC1=C(C)CCCC1(C)C. The molecule has 0 aromatic carbocycles. The lowest BCUT2D eigenvalue weighted by Crippen LogP contribution is -2.27. The van der Waals surface area contributed by atoms with Gasteiger partial charge in [-0.2, -0.15) is 0 Å². The van der Waals surface area contributed by atoms with E-state index in [0.717, 1.165) is 11.1 Å². The van der Waals surface area contributed by atoms with Crippen LogP contribution >= 0.6 is 0 Å². The number of carbonyl (C=O) groups excluding carboxylic acids is 2. The molecule has 0 saturated heterocycles. The van der Waals surface area contributed by atoms with Crippen molar-refractivity contribution in [3.8, 4) is 0 Å². The zero-order chi connectivity index (χ0) is 38.6. The van der Waals surface area contributed by atoms with Crippen LogP contribution in [0.15, 0.2) is 117 Å². The largest absolute Gasteiger partial charge is 0.377 e. The van der Waals surface area contributed by atoms with Crippen LogP contribution in [0.1, 0.15) is 108 Å². The van der Waals surface area contributed by atoms with Gasteiger partial charge in [-0.05, 0) is 113 Å². The van der Waals surface area contributed by atoms with Crippen molar-refractivity contribution in [1.29, 1.82) is 0 Å². The van der Waals surface area contributed by atoms with Gasteiger partial charge in [0.2, 0.25) is 11.8 Å². The van der Waals surface area contributed by atoms with Crippen LogP contribution in [0.2, 0.25) is 0 Å². The van der Waals surface area contributed by atoms with Crippen LogP contribution in [0.3, 0.4) is 0 Å². The maximum Gasteiger partial charge on any atom is 0.244 e. The number of allylic oxidation sites excluding steroid dienone is 18. The van der Waals surface area contributed by atoms with Crippen molar-refractivity contribution < 1.29 is 19.1 Å². The van der Waals surface area contributed by atoms with Crippen LogP contribution in [0, 0.1) is 10.8 Å². The van der Waals surface area contributed by atoms with Crippen molar-refractivity contribution in [1.82, 2.24) is 10.6 Å². The van der Waals surface area contributed by atoms with Crippen LogP contribution < -0.4 is 10.6 Å². The molecule has 0 aliphatic heterocycles.